The largest absolute Gasteiger partial charge is 0.292 e. The molecule has 0 unspecified atom stereocenters. The van der Waals surface area contributed by atoms with Crippen molar-refractivity contribution in [3.63, 3.8) is 0 Å². The zero-order valence-corrected chi connectivity index (χ0v) is 27.7. The molecule has 236 valence electrons. The fraction of sp³-hybridized carbons (Fsp3) is 0. The Morgan fingerprint density at radius 1 is 0.294 bits per heavy atom. The van der Waals surface area contributed by atoms with Gasteiger partial charge in [-0.1, -0.05) is 133 Å². The molecule has 0 aliphatic carbocycles. The minimum absolute atomic E-state index is 1.00. The number of hydrogen-bond donors (Lipinski definition) is 0. The van der Waals surface area contributed by atoms with Gasteiger partial charge in [0.2, 0.25) is 0 Å². The Bertz CT molecular complexity index is 3200. The molecule has 0 aliphatic heterocycles. The van der Waals surface area contributed by atoms with Crippen molar-refractivity contribution in [2.45, 2.75) is 0 Å². The Kier molecular flexibility index (Phi) is 5.99. The second-order valence-corrected chi connectivity index (χ2v) is 13.7. The lowest BCUT2D eigenvalue weighted by atomic mass is 9.95. The number of imidazole rings is 1. The molecule has 0 saturated carbocycles. The van der Waals surface area contributed by atoms with E-state index in [-0.39, 0.29) is 0 Å². The molecule has 2 aromatic heterocycles. The molecule has 2 heterocycles. The van der Waals surface area contributed by atoms with Crippen LogP contribution in [-0.4, -0.2) is 9.38 Å². The van der Waals surface area contributed by atoms with Gasteiger partial charge in [0.25, 0.3) is 0 Å². The number of aromatic nitrogens is 2. The van der Waals surface area contributed by atoms with E-state index in [1.807, 2.05) is 0 Å². The number of benzene rings is 9. The smallest absolute Gasteiger partial charge is 0.146 e. The molecule has 11 aromatic rings. The Balaban J connectivity index is 0.936. The van der Waals surface area contributed by atoms with Crippen LogP contribution in [0.4, 0.5) is 0 Å². The van der Waals surface area contributed by atoms with E-state index in [4.69, 9.17) is 4.98 Å². The van der Waals surface area contributed by atoms with Gasteiger partial charge in [0, 0.05) is 10.8 Å². The standard InChI is InChI=1S/C49H30N2/c1-2-8-32-25-33(14-13-31(32)7-1)34-15-16-36-27-37(18-17-35(36)26-34)38-19-20-40-29-41(22-21-39(40)28-38)42-23-24-48-46(30-42)50-49-45-11-4-3-9-43(45)44-10-5-6-12-47(44)51(48)49/h1-30H. The number of para-hydroxylation sites is 1. The van der Waals surface area contributed by atoms with Gasteiger partial charge in [-0.2, -0.15) is 0 Å². The van der Waals surface area contributed by atoms with Gasteiger partial charge < -0.3 is 0 Å². The second kappa shape index (κ2) is 10.9. The van der Waals surface area contributed by atoms with Crippen molar-refractivity contribution < 1.29 is 0 Å². The Hall–Kier alpha value is -6.77. The molecular formula is C49H30N2. The maximum absolute atomic E-state index is 5.20. The highest BCUT2D eigenvalue weighted by molar-refractivity contribution is 6.14. The summed E-state index contributed by atoms with van der Waals surface area (Å²) in [5.41, 5.74) is 11.6. The molecule has 0 bridgehead atoms. The number of fused-ring (bicyclic) bond motifs is 11. The van der Waals surface area contributed by atoms with Gasteiger partial charge >= 0.3 is 0 Å². The quantitative estimate of drug-likeness (QED) is 0.175. The van der Waals surface area contributed by atoms with Gasteiger partial charge in [-0.3, -0.25) is 4.40 Å². The highest BCUT2D eigenvalue weighted by Crippen LogP contribution is 2.36. The van der Waals surface area contributed by atoms with Crippen molar-refractivity contribution in [2.75, 3.05) is 0 Å². The van der Waals surface area contributed by atoms with E-state index in [0.29, 0.717) is 0 Å². The first-order valence-corrected chi connectivity index (χ1v) is 17.5. The fourth-order valence-corrected chi connectivity index (χ4v) is 8.07. The molecule has 11 rings (SSSR count). The Morgan fingerprint density at radius 3 is 1.29 bits per heavy atom. The average Bonchev–Trinajstić information content (AvgIpc) is 3.59. The van der Waals surface area contributed by atoms with Crippen molar-refractivity contribution in [1.82, 2.24) is 9.38 Å². The Labute approximate surface area is 294 Å². The summed E-state index contributed by atoms with van der Waals surface area (Å²) in [6.07, 6.45) is 0. The molecular weight excluding hydrogens is 617 g/mol. The highest BCUT2D eigenvalue weighted by atomic mass is 15.0. The van der Waals surface area contributed by atoms with E-state index in [0.717, 1.165) is 16.7 Å². The first-order chi connectivity index (χ1) is 25.2. The summed E-state index contributed by atoms with van der Waals surface area (Å²) in [6, 6.07) is 66.4. The van der Waals surface area contributed by atoms with Crippen LogP contribution in [-0.2, 0) is 0 Å². The van der Waals surface area contributed by atoms with E-state index >= 15 is 0 Å². The molecule has 9 aromatic carbocycles. The van der Waals surface area contributed by atoms with E-state index in [2.05, 4.69) is 186 Å². The van der Waals surface area contributed by atoms with E-state index in [9.17, 15) is 0 Å². The summed E-state index contributed by atoms with van der Waals surface area (Å²) in [5.74, 6) is 0. The van der Waals surface area contributed by atoms with Gasteiger partial charge in [-0.25, -0.2) is 4.98 Å². The van der Waals surface area contributed by atoms with Crippen LogP contribution in [0.25, 0.3) is 104 Å². The lowest BCUT2D eigenvalue weighted by Gasteiger charge is -2.10. The minimum atomic E-state index is 1.00. The van der Waals surface area contributed by atoms with E-state index in [1.165, 1.54) is 87.4 Å². The second-order valence-electron chi connectivity index (χ2n) is 13.7. The van der Waals surface area contributed by atoms with Crippen LogP contribution in [0.2, 0.25) is 0 Å². The lowest BCUT2D eigenvalue weighted by molar-refractivity contribution is 1.31. The number of hydrogen-bond acceptors (Lipinski definition) is 1. The van der Waals surface area contributed by atoms with Crippen LogP contribution in [0.15, 0.2) is 182 Å². The maximum atomic E-state index is 5.20. The summed E-state index contributed by atoms with van der Waals surface area (Å²) < 4.78 is 2.31. The molecule has 0 radical (unpaired) electrons. The summed E-state index contributed by atoms with van der Waals surface area (Å²) in [4.78, 5) is 5.20. The summed E-state index contributed by atoms with van der Waals surface area (Å²) in [7, 11) is 0. The third-order valence-electron chi connectivity index (χ3n) is 10.7. The third-order valence-corrected chi connectivity index (χ3v) is 10.7. The predicted octanol–water partition coefficient (Wildman–Crippen LogP) is 13.3. The molecule has 2 nitrogen and oxygen atoms in total. The maximum Gasteiger partial charge on any atom is 0.146 e. The molecule has 0 fully saturated rings. The number of nitrogens with zero attached hydrogens (tertiary/aromatic N) is 2. The van der Waals surface area contributed by atoms with Gasteiger partial charge in [0.15, 0.2) is 0 Å². The van der Waals surface area contributed by atoms with Gasteiger partial charge in [0.1, 0.15) is 5.65 Å². The van der Waals surface area contributed by atoms with Crippen molar-refractivity contribution in [1.29, 1.82) is 0 Å². The normalized spacial score (nSPS) is 11.9. The van der Waals surface area contributed by atoms with E-state index < -0.39 is 0 Å². The molecule has 0 saturated heterocycles. The number of pyridine rings is 1. The van der Waals surface area contributed by atoms with Crippen LogP contribution >= 0.6 is 0 Å². The zero-order valence-electron chi connectivity index (χ0n) is 27.7. The van der Waals surface area contributed by atoms with Crippen LogP contribution in [0.5, 0.6) is 0 Å². The Morgan fingerprint density at radius 2 is 0.706 bits per heavy atom. The fourth-order valence-electron chi connectivity index (χ4n) is 8.07. The summed E-state index contributed by atoms with van der Waals surface area (Å²) >= 11 is 0. The van der Waals surface area contributed by atoms with Crippen LogP contribution in [0, 0.1) is 0 Å². The van der Waals surface area contributed by atoms with Gasteiger partial charge in [-0.15, -0.1) is 0 Å². The SMILES string of the molecule is c1ccc2cc(-c3ccc4cc(-c5ccc6cc(-c7ccc8c(c7)nc7c9ccccc9c9ccccc9n87)ccc6c5)ccc4c3)ccc2c1. The predicted molar refractivity (Wildman–Crippen MR) is 217 cm³/mol. The molecule has 0 amide bonds. The molecule has 0 aliphatic rings. The summed E-state index contributed by atoms with van der Waals surface area (Å²) in [6.45, 7) is 0. The molecule has 0 spiro atoms. The van der Waals surface area contributed by atoms with Crippen LogP contribution in [0.3, 0.4) is 0 Å². The molecule has 51 heavy (non-hydrogen) atoms. The van der Waals surface area contributed by atoms with E-state index in [1.54, 1.807) is 0 Å². The highest BCUT2D eigenvalue weighted by Gasteiger charge is 2.14. The molecule has 0 atom stereocenters. The lowest BCUT2D eigenvalue weighted by Crippen LogP contribution is -1.91. The molecule has 2 heteroatoms. The topological polar surface area (TPSA) is 17.3 Å². The van der Waals surface area contributed by atoms with Crippen LogP contribution in [0.1, 0.15) is 0 Å². The van der Waals surface area contributed by atoms with Gasteiger partial charge in [0.05, 0.1) is 16.6 Å². The minimum Gasteiger partial charge on any atom is -0.292 e. The van der Waals surface area contributed by atoms with Gasteiger partial charge in [-0.05, 0) is 120 Å². The van der Waals surface area contributed by atoms with Crippen molar-refractivity contribution in [2.24, 2.45) is 0 Å². The first kappa shape index (κ1) is 28.1. The average molecular weight is 647 g/mol. The third kappa shape index (κ3) is 4.47. The van der Waals surface area contributed by atoms with Crippen molar-refractivity contribution >= 4 is 70.7 Å². The zero-order chi connectivity index (χ0) is 33.5. The number of rotatable bonds is 3. The first-order valence-electron chi connectivity index (χ1n) is 17.5. The summed E-state index contributed by atoms with van der Waals surface area (Å²) in [5, 5.41) is 11.1. The molecule has 0 N–H and O–H groups in total. The van der Waals surface area contributed by atoms with Crippen molar-refractivity contribution in [3.8, 4) is 33.4 Å². The van der Waals surface area contributed by atoms with Crippen LogP contribution < -0.4 is 0 Å². The monoisotopic (exact) mass is 646 g/mol. The van der Waals surface area contributed by atoms with Crippen molar-refractivity contribution in [3.05, 3.63) is 182 Å².